The third kappa shape index (κ3) is 32.8. The molecule has 6 aromatic rings. The Kier molecular flexibility index (Phi) is 44.1. The Balaban J connectivity index is -0.000000173. The van der Waals surface area contributed by atoms with Crippen LogP contribution in [0, 0.1) is 30.6 Å². The van der Waals surface area contributed by atoms with Crippen LogP contribution in [0.5, 0.6) is 23.0 Å². The summed E-state index contributed by atoms with van der Waals surface area (Å²) in [4.78, 5) is 47.3. The van der Waals surface area contributed by atoms with Crippen molar-refractivity contribution in [3.63, 3.8) is 0 Å². The standard InChI is InChI=1S/2C14H12N2O3.2C5H5N.2Mn.2NO3.4H2O/c2*17-12-8-4-7-11(13(12)18)9-15-16-14(19)10-5-2-1-3-6-10;2*1-2-4-6-5-3-1;;;2*2-1(3)4;;;;/h2*1-9,17-18H,(H,16,19);2*1-5H;;;;;4*1H2/q;;;;2*+2;2*-1;;;;/b2*15-9+;;;;;;;;;;. The predicted molar refractivity (Wildman–Crippen MR) is 224 cm³/mol. The average molecular weight is 977 g/mol. The van der Waals surface area contributed by atoms with E-state index in [1.807, 2.05) is 36.4 Å². The number of aromatic nitrogens is 2. The van der Waals surface area contributed by atoms with Gasteiger partial charge < -0.3 is 73.0 Å². The van der Waals surface area contributed by atoms with Gasteiger partial charge in [0.05, 0.1) is 22.6 Å². The van der Waals surface area contributed by atoms with Crippen LogP contribution in [-0.4, -0.2) is 65.6 Å². The van der Waals surface area contributed by atoms with Gasteiger partial charge in [0, 0.05) is 35.9 Å². The molecule has 0 aliphatic carbocycles. The van der Waals surface area contributed by atoms with Crippen molar-refractivity contribution >= 4 is 24.2 Å². The Morgan fingerprint density at radius 1 is 0.500 bits per heavy atom. The second kappa shape index (κ2) is 41.7. The van der Waals surface area contributed by atoms with E-state index < -0.39 is 21.7 Å². The van der Waals surface area contributed by atoms with Crippen molar-refractivity contribution < 1.29 is 96.2 Å². The quantitative estimate of drug-likeness (QED) is 0.0586. The van der Waals surface area contributed by atoms with Crippen LogP contribution in [0.25, 0.3) is 0 Å². The molecule has 0 saturated heterocycles. The number of phenols is 2. The number of carbonyl (C=O) groups is 2. The van der Waals surface area contributed by atoms with E-state index in [0.717, 1.165) is 0 Å². The van der Waals surface area contributed by atoms with Gasteiger partial charge in [0.1, 0.15) is 11.5 Å². The number of rotatable bonds is 6. The molecule has 2 amide bonds. The monoisotopic (exact) mass is 976 g/mol. The molecule has 64 heavy (non-hydrogen) atoms. The second-order valence-electron chi connectivity index (χ2n) is 10.0. The Hall–Kier alpha value is -8.06. The Morgan fingerprint density at radius 2 is 0.766 bits per heavy atom. The van der Waals surface area contributed by atoms with E-state index in [1.165, 1.54) is 48.8 Å². The molecular weight excluding hydrogens is 934 g/mol. The van der Waals surface area contributed by atoms with E-state index >= 15 is 0 Å². The Bertz CT molecular complexity index is 1960. The molecule has 0 aliphatic rings. The fourth-order valence-electron chi connectivity index (χ4n) is 3.54. The van der Waals surface area contributed by atoms with Crippen LogP contribution in [0.2, 0.25) is 0 Å². The number of hydrogen-bond donors (Lipinski definition) is 4. The minimum atomic E-state index is -1.75. The number of nitrogens with one attached hydrogen (secondary N) is 2. The van der Waals surface area contributed by atoms with Crippen molar-refractivity contribution in [1.29, 1.82) is 0 Å². The van der Waals surface area contributed by atoms with Gasteiger partial charge in [-0.05, 0) is 71.8 Å². The van der Waals surface area contributed by atoms with E-state index in [0.29, 0.717) is 11.1 Å². The minimum Gasteiger partial charge on any atom is -0.870 e. The summed E-state index contributed by atoms with van der Waals surface area (Å²) in [7, 11) is 0. The number of pyridine rings is 2. The minimum absolute atomic E-state index is 0. The van der Waals surface area contributed by atoms with Crippen LogP contribution in [0.15, 0.2) is 168 Å². The SMILES string of the molecule is O.O.O=C(N/N=C/c1cccc(O)c1[O-])c1ccccc1.O=C(N/N=C/c1cccc(O)c1[O-])c1ccccc1.O=[N+]([O-])[O-].O=[N+]([O-])[O-].[Mn+2].[Mn+2].[OH3+].[OH3+].c1ccncc1.c1ccncc1. The smallest absolute Gasteiger partial charge is 0.870 e. The number of amides is 2. The zero-order valence-electron chi connectivity index (χ0n) is 32.7. The van der Waals surface area contributed by atoms with Crippen molar-refractivity contribution in [3.8, 4) is 23.0 Å². The van der Waals surface area contributed by atoms with Gasteiger partial charge in [-0.1, -0.05) is 84.3 Å². The van der Waals surface area contributed by atoms with Crippen LogP contribution < -0.4 is 21.1 Å². The Labute approximate surface area is 384 Å². The number of benzene rings is 4. The molecule has 26 heteroatoms. The van der Waals surface area contributed by atoms with Crippen LogP contribution in [0.1, 0.15) is 31.8 Å². The molecule has 14 N–H and O–H groups in total. The van der Waals surface area contributed by atoms with Crippen molar-refractivity contribution in [2.75, 3.05) is 0 Å². The van der Waals surface area contributed by atoms with Gasteiger partial charge in [-0.25, -0.2) is 10.9 Å². The van der Waals surface area contributed by atoms with Crippen LogP contribution in [0.4, 0.5) is 0 Å². The summed E-state index contributed by atoms with van der Waals surface area (Å²) in [5, 5.41) is 78.2. The zero-order chi connectivity index (χ0) is 43.0. The van der Waals surface area contributed by atoms with Gasteiger partial charge in [0.2, 0.25) is 0 Å². The van der Waals surface area contributed by atoms with Gasteiger partial charge in [0.25, 0.3) is 11.8 Å². The van der Waals surface area contributed by atoms with Crippen LogP contribution >= 0.6 is 0 Å². The van der Waals surface area contributed by atoms with Gasteiger partial charge in [-0.3, -0.25) is 19.6 Å². The fraction of sp³-hybridized carbons (Fsp3) is 0. The first kappa shape index (κ1) is 67.7. The fourth-order valence-corrected chi connectivity index (χ4v) is 3.54. The zero-order valence-corrected chi connectivity index (χ0v) is 35.1. The Morgan fingerprint density at radius 3 is 1.00 bits per heavy atom. The summed E-state index contributed by atoms with van der Waals surface area (Å²) >= 11 is 0. The molecule has 0 fully saturated rings. The molecule has 0 spiro atoms. The normalized spacial score (nSPS) is 8.50. The van der Waals surface area contributed by atoms with Gasteiger partial charge in [0.15, 0.2) is 0 Å². The maximum absolute atomic E-state index is 11.6. The van der Waals surface area contributed by atoms with E-state index in [4.69, 9.17) is 30.6 Å². The van der Waals surface area contributed by atoms with Crippen molar-refractivity contribution in [3.05, 3.63) is 211 Å². The molecule has 4 aromatic carbocycles. The van der Waals surface area contributed by atoms with E-state index in [1.54, 1.807) is 85.5 Å². The summed E-state index contributed by atoms with van der Waals surface area (Å²) < 4.78 is 0. The average Bonchev–Trinajstić information content (AvgIpc) is 3.23. The number of hydrogen-bond acceptors (Lipinski definition) is 16. The van der Waals surface area contributed by atoms with Crippen molar-refractivity contribution in [1.82, 2.24) is 20.8 Å². The third-order valence-corrected chi connectivity index (χ3v) is 5.99. The van der Waals surface area contributed by atoms with Gasteiger partial charge >= 0.3 is 34.1 Å². The van der Waals surface area contributed by atoms with Crippen molar-refractivity contribution in [2.45, 2.75) is 0 Å². The molecule has 0 atom stereocenters. The van der Waals surface area contributed by atoms with Crippen LogP contribution in [0.3, 0.4) is 0 Å². The first-order valence-corrected chi connectivity index (χ1v) is 15.9. The number of aromatic hydroxyl groups is 2. The summed E-state index contributed by atoms with van der Waals surface area (Å²) in [6.45, 7) is 0. The number of para-hydroxylation sites is 2. The topological polar surface area (TPSA) is 457 Å². The molecule has 342 valence electrons. The second-order valence-corrected chi connectivity index (χ2v) is 10.0. The molecule has 0 saturated carbocycles. The summed E-state index contributed by atoms with van der Waals surface area (Å²) in [5.74, 6) is -2.49. The van der Waals surface area contributed by atoms with E-state index in [2.05, 4.69) is 31.0 Å². The number of nitrogens with zero attached hydrogens (tertiary/aromatic N) is 6. The third-order valence-electron chi connectivity index (χ3n) is 5.99. The number of hydrazone groups is 2. The van der Waals surface area contributed by atoms with E-state index in [9.17, 15) is 30.0 Å². The summed E-state index contributed by atoms with van der Waals surface area (Å²) in [6.07, 6.45) is 9.39. The number of phenolic OH excluding ortho intramolecular Hbond substituents is 2. The molecule has 6 rings (SSSR count). The van der Waals surface area contributed by atoms with Crippen molar-refractivity contribution in [2.24, 2.45) is 10.2 Å². The molecule has 2 heterocycles. The maximum Gasteiger partial charge on any atom is 2.00 e. The van der Waals surface area contributed by atoms with E-state index in [-0.39, 0.29) is 90.5 Å². The van der Waals surface area contributed by atoms with Gasteiger partial charge in [-0.2, -0.15) is 10.2 Å². The largest absolute Gasteiger partial charge is 2.00 e. The summed E-state index contributed by atoms with van der Waals surface area (Å²) in [5.41, 5.74) is 5.95. The first-order chi connectivity index (χ1) is 27.8. The molecule has 2 radical (unpaired) electrons. The molecule has 0 aliphatic heterocycles. The maximum atomic E-state index is 11.6. The molecular formula is C38H42Mn2N8O16+2. The van der Waals surface area contributed by atoms with Crippen LogP contribution in [-0.2, 0) is 45.1 Å². The molecule has 0 unspecified atom stereocenters. The molecule has 0 bridgehead atoms. The number of carbonyl (C=O) groups excluding carboxylic acids is 2. The predicted octanol–water partition coefficient (Wildman–Crippen LogP) is 0.646. The van der Waals surface area contributed by atoms with Gasteiger partial charge in [-0.15, -0.1) is 0 Å². The molecule has 24 nitrogen and oxygen atoms in total. The molecule has 2 aromatic heterocycles. The first-order valence-electron chi connectivity index (χ1n) is 15.9. The summed E-state index contributed by atoms with van der Waals surface area (Å²) in [6, 6.07) is 37.2.